The van der Waals surface area contributed by atoms with Gasteiger partial charge in [-0.2, -0.15) is 0 Å². The van der Waals surface area contributed by atoms with Gasteiger partial charge < -0.3 is 18.8 Å². The molecule has 0 aliphatic carbocycles. The first-order valence-electron chi connectivity index (χ1n) is 17.9. The second-order valence-electron chi connectivity index (χ2n) is 13.1. The normalized spacial score (nSPS) is 11.2. The monoisotopic (exact) mass is 791 g/mol. The molecule has 55 heavy (non-hydrogen) atoms. The Kier molecular flexibility index (Phi) is 16.1. The molecule has 5 rings (SSSR count). The number of halogens is 1. The van der Waals surface area contributed by atoms with Crippen LogP contribution < -0.4 is 51.4 Å². The van der Waals surface area contributed by atoms with Crippen molar-refractivity contribution in [2.75, 3.05) is 6.61 Å². The Labute approximate surface area is 364 Å². The van der Waals surface area contributed by atoms with Crippen molar-refractivity contribution in [3.8, 4) is 11.1 Å². The molecule has 1 heterocycles. The molecule has 1 aromatic heterocycles. The van der Waals surface area contributed by atoms with E-state index in [4.69, 9.17) is 14.5 Å². The first-order valence-corrected chi connectivity index (χ1v) is 19.3. The van der Waals surface area contributed by atoms with Gasteiger partial charge in [0, 0.05) is 28.7 Å². The minimum Gasteiger partial charge on any atom is -0.506 e. The van der Waals surface area contributed by atoms with Crippen LogP contribution in [-0.2, 0) is 45.5 Å². The number of hydrogen-bond acceptors (Lipinski definition) is 8. The van der Waals surface area contributed by atoms with Crippen LogP contribution in [0.25, 0.3) is 15.8 Å². The Morgan fingerprint density at radius 3 is 2.25 bits per heavy atom. The number of esters is 1. The number of nitrogens with zero attached hydrogens (tertiary/aromatic N) is 3. The van der Waals surface area contributed by atoms with Crippen LogP contribution in [0.3, 0.4) is 0 Å². The molecule has 282 valence electrons. The molecule has 4 aromatic carbocycles. The van der Waals surface area contributed by atoms with Gasteiger partial charge in [0.1, 0.15) is 28.3 Å². The molecule has 0 atom stereocenters. The molecule has 5 aromatic rings. The van der Waals surface area contributed by atoms with E-state index < -0.39 is 27.9 Å². The second-order valence-corrected chi connectivity index (χ2v) is 14.7. The van der Waals surface area contributed by atoms with Gasteiger partial charge in [-0.05, 0) is 48.4 Å². The summed E-state index contributed by atoms with van der Waals surface area (Å²) in [5, 5.41) is 0. The van der Waals surface area contributed by atoms with Crippen molar-refractivity contribution in [2.24, 2.45) is 5.92 Å². The van der Waals surface area contributed by atoms with Crippen LogP contribution in [0.2, 0.25) is 0 Å². The van der Waals surface area contributed by atoms with Crippen LogP contribution >= 0.6 is 0 Å². The molecule has 0 bridgehead atoms. The van der Waals surface area contributed by atoms with Gasteiger partial charge in [0.2, 0.25) is 6.09 Å². The maximum atomic E-state index is 16.0. The molecule has 0 aliphatic heterocycles. The molecule has 0 unspecified atom stereocenters. The average molecular weight is 792 g/mol. The summed E-state index contributed by atoms with van der Waals surface area (Å²) in [6.07, 6.45) is 0.980. The number of rotatable bonds is 16. The molecular weight excluding hydrogens is 749 g/mol. The molecular formula is C42H43FKN3O7S. The van der Waals surface area contributed by atoms with Crippen molar-refractivity contribution < 1.29 is 88.1 Å². The Morgan fingerprint density at radius 1 is 0.873 bits per heavy atom. The Balaban J connectivity index is 0.00000673. The van der Waals surface area contributed by atoms with E-state index in [1.807, 2.05) is 33.8 Å². The van der Waals surface area contributed by atoms with E-state index >= 15 is 4.39 Å². The van der Waals surface area contributed by atoms with E-state index in [2.05, 4.69) is 4.72 Å². The minimum atomic E-state index is -4.49. The number of carbonyl (C=O) groups is 3. The third-order valence-electron chi connectivity index (χ3n) is 8.75. The zero-order chi connectivity index (χ0) is 38.8. The van der Waals surface area contributed by atoms with Gasteiger partial charge in [0.25, 0.3) is 0 Å². The van der Waals surface area contributed by atoms with Gasteiger partial charge in [-0.25, -0.2) is 22.6 Å². The molecule has 10 nitrogen and oxygen atoms in total. The van der Waals surface area contributed by atoms with Crippen molar-refractivity contribution in [2.45, 2.75) is 71.4 Å². The molecule has 0 aliphatic rings. The first-order chi connectivity index (χ1) is 25.9. The predicted molar refractivity (Wildman–Crippen MR) is 203 cm³/mol. The quantitative estimate of drug-likeness (QED) is 0.0666. The van der Waals surface area contributed by atoms with Crippen LogP contribution in [0.4, 0.5) is 9.18 Å². The van der Waals surface area contributed by atoms with E-state index in [1.165, 1.54) is 30.3 Å². The molecule has 0 N–H and O–H groups in total. The third kappa shape index (κ3) is 11.1. The zero-order valence-electron chi connectivity index (χ0n) is 31.8. The number of hydrogen-bond donors (Lipinski definition) is 0. The van der Waals surface area contributed by atoms with Gasteiger partial charge in [-0.15, -0.1) is 0 Å². The summed E-state index contributed by atoms with van der Waals surface area (Å²) in [7, 11) is -4.49. The van der Waals surface area contributed by atoms with Crippen LogP contribution in [0.15, 0.2) is 102 Å². The van der Waals surface area contributed by atoms with Gasteiger partial charge in [-0.1, -0.05) is 113 Å². The largest absolute Gasteiger partial charge is 1.00 e. The fourth-order valence-electron chi connectivity index (χ4n) is 5.94. The van der Waals surface area contributed by atoms with Crippen LogP contribution in [0.1, 0.15) is 89.6 Å². The molecule has 1 amide bonds. The van der Waals surface area contributed by atoms with Crippen LogP contribution in [-0.4, -0.2) is 42.4 Å². The standard InChI is InChI=1S/C42H44FN3O7S.K/c1-5-14-38-44-36(6-2)39(41(48)53-27-32-17-10-11-19-34(32)40(47)29-15-8-7-9-16-29)46(38)26-31-22-21-30(25-35(31)43)33-18-12-13-20-37(33)54(50,51)45-42(49)52-24-23-28(3)4;/h7-13,15-22,25,28H,5-6,14,23-24,26-27H2,1-4H3,(H,45,49);/q;+1/p-1. The fourth-order valence-corrected chi connectivity index (χ4v) is 7.00. The van der Waals surface area contributed by atoms with Crippen molar-refractivity contribution in [1.29, 1.82) is 0 Å². The number of benzene rings is 4. The summed E-state index contributed by atoms with van der Waals surface area (Å²) >= 11 is 0. The van der Waals surface area contributed by atoms with Crippen LogP contribution in [0.5, 0.6) is 0 Å². The Bertz CT molecular complexity index is 2240. The van der Waals surface area contributed by atoms with Crippen molar-refractivity contribution in [3.63, 3.8) is 0 Å². The van der Waals surface area contributed by atoms with Gasteiger partial charge >= 0.3 is 57.4 Å². The summed E-state index contributed by atoms with van der Waals surface area (Å²) in [6, 6.07) is 26.0. The number of sulfonamides is 1. The number of aromatic nitrogens is 2. The molecule has 0 saturated heterocycles. The Hall–Kier alpha value is -3.98. The summed E-state index contributed by atoms with van der Waals surface area (Å²) in [5.41, 5.74) is 2.78. The maximum Gasteiger partial charge on any atom is 1.00 e. The number of aryl methyl sites for hydroxylation is 2. The number of ether oxygens (including phenoxy) is 2. The zero-order valence-corrected chi connectivity index (χ0v) is 35.7. The predicted octanol–water partition coefficient (Wildman–Crippen LogP) is 6.09. The summed E-state index contributed by atoms with van der Waals surface area (Å²) in [5.74, 6) is -0.665. The van der Waals surface area contributed by atoms with Crippen LogP contribution in [0, 0.1) is 11.7 Å². The van der Waals surface area contributed by atoms with Crippen molar-refractivity contribution in [1.82, 2.24) is 9.55 Å². The Morgan fingerprint density at radius 2 is 1.56 bits per heavy atom. The maximum absolute atomic E-state index is 16.0. The van der Waals surface area contributed by atoms with E-state index in [-0.39, 0.29) is 110 Å². The number of imidazole rings is 1. The van der Waals surface area contributed by atoms with Crippen molar-refractivity contribution in [3.05, 3.63) is 147 Å². The van der Waals surface area contributed by atoms with E-state index in [9.17, 15) is 22.8 Å². The fraction of sp³-hybridized carbons (Fsp3) is 0.286. The average Bonchev–Trinajstić information content (AvgIpc) is 3.51. The van der Waals surface area contributed by atoms with Gasteiger partial charge in [-0.3, -0.25) is 9.59 Å². The van der Waals surface area contributed by atoms with E-state index in [0.29, 0.717) is 53.9 Å². The van der Waals surface area contributed by atoms with Gasteiger partial charge in [0.15, 0.2) is 11.5 Å². The molecule has 0 saturated carbocycles. The number of amides is 1. The van der Waals surface area contributed by atoms with Crippen molar-refractivity contribution >= 4 is 27.9 Å². The van der Waals surface area contributed by atoms with E-state index in [1.54, 1.807) is 65.2 Å². The van der Waals surface area contributed by atoms with E-state index in [0.717, 1.165) is 0 Å². The third-order valence-corrected chi connectivity index (χ3v) is 10.1. The SMILES string of the molecule is CCCc1nc(CC)c(C(=O)OCc2ccccc2C(=O)c2ccccc2)n1Cc1ccc(-c2ccccc2S(=O)(=O)[N-]C(=O)OCCC(C)C)cc1F.[K+]. The number of ketones is 1. The minimum absolute atomic E-state index is 0. The summed E-state index contributed by atoms with van der Waals surface area (Å²) in [4.78, 5) is 43.8. The molecule has 0 fully saturated rings. The van der Waals surface area contributed by atoms with Gasteiger partial charge in [0.05, 0.1) is 23.7 Å². The topological polar surface area (TPSA) is 136 Å². The summed E-state index contributed by atoms with van der Waals surface area (Å²) < 4.78 is 58.2. The smallest absolute Gasteiger partial charge is 0.506 e. The molecule has 0 spiro atoms. The summed E-state index contributed by atoms with van der Waals surface area (Å²) in [6.45, 7) is 7.53. The number of carbonyl (C=O) groups excluding carboxylic acids is 3. The second kappa shape index (κ2) is 20.3. The molecule has 0 radical (unpaired) electrons. The molecule has 13 heteroatoms. The first kappa shape index (κ1) is 43.7.